The van der Waals surface area contributed by atoms with Crippen molar-refractivity contribution in [2.45, 2.75) is 51.4 Å². The van der Waals surface area contributed by atoms with Crippen molar-refractivity contribution in [3.05, 3.63) is 35.4 Å². The molecule has 102 valence electrons. The molecule has 0 radical (unpaired) electrons. The Morgan fingerprint density at radius 1 is 1.00 bits per heavy atom. The van der Waals surface area contributed by atoms with Gasteiger partial charge in [0.1, 0.15) is 0 Å². The van der Waals surface area contributed by atoms with E-state index in [0.29, 0.717) is 0 Å². The van der Waals surface area contributed by atoms with Crippen molar-refractivity contribution in [3.63, 3.8) is 0 Å². The first-order valence-corrected chi connectivity index (χ1v) is 9.12. The predicted octanol–water partition coefficient (Wildman–Crippen LogP) is 5.99. The molecule has 0 amide bonds. The normalized spacial score (nSPS) is 11.8. The Labute approximate surface area is 129 Å². The zero-order valence-electron chi connectivity index (χ0n) is 11.5. The van der Waals surface area contributed by atoms with Crippen molar-refractivity contribution >= 4 is 31.9 Å². The zero-order chi connectivity index (χ0) is 13.4. The van der Waals surface area contributed by atoms with Crippen molar-refractivity contribution in [2.75, 3.05) is 10.7 Å². The van der Waals surface area contributed by atoms with E-state index in [1.54, 1.807) is 0 Å². The highest BCUT2D eigenvalue weighted by Gasteiger charge is 2.30. The Kier molecular flexibility index (Phi) is 7.55. The van der Waals surface area contributed by atoms with Crippen LogP contribution in [0.5, 0.6) is 0 Å². The lowest BCUT2D eigenvalue weighted by Crippen LogP contribution is -2.31. The number of hydrogen-bond acceptors (Lipinski definition) is 0. The average Bonchev–Trinajstić information content (AvgIpc) is 2.41. The van der Waals surface area contributed by atoms with Crippen LogP contribution in [0.4, 0.5) is 0 Å². The van der Waals surface area contributed by atoms with Gasteiger partial charge >= 0.3 is 0 Å². The van der Waals surface area contributed by atoms with Crippen LogP contribution in [0.25, 0.3) is 0 Å². The molecule has 0 aliphatic heterocycles. The van der Waals surface area contributed by atoms with Gasteiger partial charge in [0.2, 0.25) is 0 Å². The number of benzene rings is 1. The number of aryl methyl sites for hydroxylation is 1. The van der Waals surface area contributed by atoms with Gasteiger partial charge in [0.15, 0.2) is 0 Å². The van der Waals surface area contributed by atoms with E-state index < -0.39 is 0 Å². The van der Waals surface area contributed by atoms with E-state index in [-0.39, 0.29) is 5.41 Å². The number of rotatable bonds is 8. The van der Waals surface area contributed by atoms with E-state index in [1.165, 1.54) is 43.2 Å². The molecule has 1 aromatic carbocycles. The molecule has 0 saturated carbocycles. The number of halogens is 2. The van der Waals surface area contributed by atoms with E-state index in [9.17, 15) is 0 Å². The van der Waals surface area contributed by atoms with Crippen molar-refractivity contribution in [2.24, 2.45) is 0 Å². The molecule has 0 atom stereocenters. The first kappa shape index (κ1) is 16.2. The van der Waals surface area contributed by atoms with Gasteiger partial charge in [-0.15, -0.1) is 0 Å². The Bertz CT molecular complexity index is 343. The lowest BCUT2D eigenvalue weighted by molar-refractivity contribution is 0.464. The molecule has 2 heteroatoms. The third-order valence-electron chi connectivity index (χ3n) is 3.74. The van der Waals surface area contributed by atoms with Gasteiger partial charge in [-0.1, -0.05) is 88.7 Å². The van der Waals surface area contributed by atoms with E-state index in [4.69, 9.17) is 0 Å². The third-order valence-corrected chi connectivity index (χ3v) is 5.88. The van der Waals surface area contributed by atoms with E-state index in [1.807, 2.05) is 0 Å². The first-order chi connectivity index (χ1) is 8.70. The van der Waals surface area contributed by atoms with Crippen LogP contribution in [0, 0.1) is 6.92 Å². The smallest absolute Gasteiger partial charge is 0.0149 e. The summed E-state index contributed by atoms with van der Waals surface area (Å²) < 4.78 is 0. The minimum atomic E-state index is 0.249. The second kappa shape index (κ2) is 8.37. The summed E-state index contributed by atoms with van der Waals surface area (Å²) in [6.07, 6.45) is 6.59. The molecule has 0 nitrogen and oxygen atoms in total. The Hall–Kier alpha value is 0.180. The molecule has 0 fully saturated rings. The average molecular weight is 376 g/mol. The van der Waals surface area contributed by atoms with Crippen molar-refractivity contribution in [1.82, 2.24) is 0 Å². The molecule has 0 aliphatic rings. The highest BCUT2D eigenvalue weighted by molar-refractivity contribution is 9.09. The van der Waals surface area contributed by atoms with Gasteiger partial charge in [0.05, 0.1) is 0 Å². The maximum atomic E-state index is 3.74. The van der Waals surface area contributed by atoms with Crippen LogP contribution in [0.3, 0.4) is 0 Å². The van der Waals surface area contributed by atoms with Gasteiger partial charge in [-0.25, -0.2) is 0 Å². The second-order valence-corrected chi connectivity index (χ2v) is 6.29. The fourth-order valence-electron chi connectivity index (χ4n) is 2.51. The van der Waals surface area contributed by atoms with Gasteiger partial charge < -0.3 is 0 Å². The molecule has 1 rings (SSSR count). The summed E-state index contributed by atoms with van der Waals surface area (Å²) in [6, 6.07) is 8.80. The molecule has 0 spiro atoms. The van der Waals surface area contributed by atoms with Gasteiger partial charge in [-0.05, 0) is 24.5 Å². The van der Waals surface area contributed by atoms with Crippen molar-refractivity contribution < 1.29 is 0 Å². The summed E-state index contributed by atoms with van der Waals surface area (Å²) in [4.78, 5) is 0. The van der Waals surface area contributed by atoms with Crippen LogP contribution in [0.1, 0.15) is 50.2 Å². The molecule has 0 N–H and O–H groups in total. The molecule has 0 heterocycles. The monoisotopic (exact) mass is 374 g/mol. The Morgan fingerprint density at radius 2 is 1.67 bits per heavy atom. The summed E-state index contributed by atoms with van der Waals surface area (Å²) >= 11 is 7.49. The van der Waals surface area contributed by atoms with Gasteiger partial charge in [-0.2, -0.15) is 0 Å². The van der Waals surface area contributed by atoms with Gasteiger partial charge in [0.25, 0.3) is 0 Å². The molecule has 1 aromatic rings. The van der Waals surface area contributed by atoms with Crippen LogP contribution >= 0.6 is 31.9 Å². The van der Waals surface area contributed by atoms with Crippen LogP contribution in [-0.2, 0) is 5.41 Å². The zero-order valence-corrected chi connectivity index (χ0v) is 14.7. The minimum Gasteiger partial charge on any atom is -0.0918 e. The highest BCUT2D eigenvalue weighted by Crippen LogP contribution is 2.36. The first-order valence-electron chi connectivity index (χ1n) is 6.88. The molecule has 0 saturated heterocycles. The molecule has 0 aliphatic carbocycles. The van der Waals surface area contributed by atoms with Crippen LogP contribution in [-0.4, -0.2) is 10.7 Å². The second-order valence-electron chi connectivity index (χ2n) is 5.17. The van der Waals surface area contributed by atoms with E-state index >= 15 is 0 Å². The maximum Gasteiger partial charge on any atom is 0.0149 e. The van der Waals surface area contributed by atoms with Crippen LogP contribution < -0.4 is 0 Å². The number of alkyl halides is 2. The Morgan fingerprint density at radius 3 is 2.22 bits per heavy atom. The van der Waals surface area contributed by atoms with E-state index in [2.05, 4.69) is 70.0 Å². The lowest BCUT2D eigenvalue weighted by atomic mass is 9.78. The number of unbranched alkanes of at least 4 members (excludes halogenated alkanes) is 3. The van der Waals surface area contributed by atoms with E-state index in [0.717, 1.165) is 10.7 Å². The minimum absolute atomic E-state index is 0.249. The summed E-state index contributed by atoms with van der Waals surface area (Å²) in [6.45, 7) is 4.49. The maximum absolute atomic E-state index is 3.74. The van der Waals surface area contributed by atoms with Crippen molar-refractivity contribution in [1.29, 1.82) is 0 Å². The quantitative estimate of drug-likeness (QED) is 0.386. The summed E-state index contributed by atoms with van der Waals surface area (Å²) in [5.74, 6) is 0. The summed E-state index contributed by atoms with van der Waals surface area (Å²) in [7, 11) is 0. The lowest BCUT2D eigenvalue weighted by Gasteiger charge is -2.32. The SMILES string of the molecule is CCCCCCC(CBr)(CBr)c1ccccc1C. The molecule has 0 unspecified atom stereocenters. The number of hydrogen-bond donors (Lipinski definition) is 0. The fraction of sp³-hybridized carbons (Fsp3) is 0.625. The van der Waals surface area contributed by atoms with Crippen LogP contribution in [0.15, 0.2) is 24.3 Å². The van der Waals surface area contributed by atoms with Gasteiger partial charge in [0, 0.05) is 16.1 Å². The Balaban J connectivity index is 2.83. The topological polar surface area (TPSA) is 0 Å². The summed E-state index contributed by atoms with van der Waals surface area (Å²) in [5.41, 5.74) is 3.15. The predicted molar refractivity (Wildman–Crippen MR) is 89.2 cm³/mol. The van der Waals surface area contributed by atoms with Crippen LogP contribution in [0.2, 0.25) is 0 Å². The standard InChI is InChI=1S/C16H24Br2/c1-3-4-5-8-11-16(12-17,13-18)15-10-7-6-9-14(15)2/h6-7,9-10H,3-5,8,11-13H2,1-2H3. The molecular formula is C16H24Br2. The van der Waals surface area contributed by atoms with Gasteiger partial charge in [-0.3, -0.25) is 0 Å². The largest absolute Gasteiger partial charge is 0.0918 e. The summed E-state index contributed by atoms with van der Waals surface area (Å²) in [5, 5.41) is 2.06. The molecule has 0 bridgehead atoms. The fourth-order valence-corrected chi connectivity index (χ4v) is 4.60. The van der Waals surface area contributed by atoms with Crippen molar-refractivity contribution in [3.8, 4) is 0 Å². The molecular weight excluding hydrogens is 352 g/mol. The molecule has 18 heavy (non-hydrogen) atoms. The highest BCUT2D eigenvalue weighted by atomic mass is 79.9. The third kappa shape index (κ3) is 4.09. The molecule has 0 aromatic heterocycles.